The molecule has 3 aromatic carbocycles. The molecule has 6 heteroatoms. The molecule has 73 heavy (non-hydrogen) atoms. The van der Waals surface area contributed by atoms with Crippen LogP contribution in [0, 0.1) is 36.9 Å². The van der Waals surface area contributed by atoms with Gasteiger partial charge in [0.25, 0.3) is 6.47 Å². The van der Waals surface area contributed by atoms with E-state index >= 15 is 0 Å². The molecule has 0 amide bonds. The van der Waals surface area contributed by atoms with Gasteiger partial charge in [-0.3, -0.25) is 4.79 Å². The molecule has 0 aromatic heterocycles. The van der Waals surface area contributed by atoms with Crippen molar-refractivity contribution in [2.24, 2.45) is 17.3 Å². The number of hydrogen-bond donors (Lipinski definition) is 2. The van der Waals surface area contributed by atoms with Crippen LogP contribution in [0.1, 0.15) is 257 Å². The van der Waals surface area contributed by atoms with E-state index in [1.165, 1.54) is 147 Å². The van der Waals surface area contributed by atoms with Gasteiger partial charge in [-0.05, 0) is 166 Å². The van der Waals surface area contributed by atoms with Crippen molar-refractivity contribution in [1.29, 1.82) is 0 Å². The number of halogens is 2. The van der Waals surface area contributed by atoms with Crippen LogP contribution in [0.15, 0.2) is 71.3 Å². The van der Waals surface area contributed by atoms with Crippen LogP contribution >= 0.6 is 11.6 Å². The van der Waals surface area contributed by atoms with Gasteiger partial charge < -0.3 is 15.2 Å². The first-order valence-corrected chi connectivity index (χ1v) is 29.3. The first-order valence-electron chi connectivity index (χ1n) is 28.9. The molecule has 0 aliphatic rings. The number of nitrogens with one attached hydrogen (secondary N) is 1. The van der Waals surface area contributed by atoms with Gasteiger partial charge in [0.05, 0.1) is 0 Å². The van der Waals surface area contributed by atoms with Crippen molar-refractivity contribution in [2.45, 2.75) is 249 Å². The van der Waals surface area contributed by atoms with Gasteiger partial charge in [-0.25, -0.2) is 4.39 Å². The van der Waals surface area contributed by atoms with Crippen molar-refractivity contribution in [3.8, 4) is 0 Å². The molecule has 2 N–H and O–H groups in total. The average molecular weight is 1040 g/mol. The second-order valence-electron chi connectivity index (χ2n) is 20.1. The number of fused-ring (bicyclic) bond motifs is 1. The first-order chi connectivity index (χ1) is 34.7. The van der Waals surface area contributed by atoms with Crippen LogP contribution in [0.2, 0.25) is 5.02 Å². The van der Waals surface area contributed by atoms with Gasteiger partial charge in [0, 0.05) is 24.3 Å². The largest absolute Gasteiger partial charge is 0.483 e. The van der Waals surface area contributed by atoms with Gasteiger partial charge in [-0.1, -0.05) is 235 Å². The van der Waals surface area contributed by atoms with Crippen LogP contribution in [0.4, 0.5) is 4.39 Å². The van der Waals surface area contributed by atoms with E-state index < -0.39 is 0 Å². The van der Waals surface area contributed by atoms with E-state index in [1.807, 2.05) is 45.0 Å². The van der Waals surface area contributed by atoms with Gasteiger partial charge in [0.1, 0.15) is 5.82 Å². The molecule has 0 saturated carbocycles. The molecular weight excluding hydrogens is 921 g/mol. The average Bonchev–Trinajstić information content (AvgIpc) is 3.36. The summed E-state index contributed by atoms with van der Waals surface area (Å²) in [7, 11) is 1.76. The molecule has 0 spiro atoms. The molecule has 424 valence electrons. The lowest BCUT2D eigenvalue weighted by molar-refractivity contribution is -0.122. The number of rotatable bonds is 21. The number of benzene rings is 3. The summed E-state index contributed by atoms with van der Waals surface area (Å²) >= 11 is 6.88. The Morgan fingerprint density at radius 1 is 0.781 bits per heavy atom. The number of unbranched alkanes of at least 4 members (excludes halogenated alkanes) is 5. The molecule has 0 saturated heterocycles. The molecule has 3 rings (SSSR count). The van der Waals surface area contributed by atoms with Gasteiger partial charge in [0.2, 0.25) is 0 Å². The normalized spacial score (nSPS) is 11.8. The molecular formula is C67H119ClFNO3. The Hall–Kier alpha value is -3.25. The third-order valence-corrected chi connectivity index (χ3v) is 12.9. The molecule has 1 atom stereocenters. The predicted octanol–water partition coefficient (Wildman–Crippen LogP) is 22.7. The summed E-state index contributed by atoms with van der Waals surface area (Å²) in [6.07, 6.45) is 21.3. The smallest absolute Gasteiger partial charge is 0.290 e. The minimum atomic E-state index is -0.250. The number of aryl methyl sites for hydroxylation is 1. The SMILES string of the molecule is C/C=C(C)\C(=C(\C)C(C)C)c1c(Cl)ccc(/C(CCCC)=C(\CC)C(C)(C)C)c1C.CC.CCCC.CCCC(C)CC.CCCCCCOC.CCCNCCC.Cc1cccc2cc(F)ccc12.O=CO. The third kappa shape index (κ3) is 38.0. The van der Waals surface area contributed by atoms with Crippen molar-refractivity contribution < 1.29 is 19.0 Å². The van der Waals surface area contributed by atoms with Gasteiger partial charge in [0.15, 0.2) is 0 Å². The molecule has 0 bridgehead atoms. The minimum Gasteiger partial charge on any atom is -0.483 e. The highest BCUT2D eigenvalue weighted by molar-refractivity contribution is 6.33. The zero-order chi connectivity index (χ0) is 57.4. The van der Waals surface area contributed by atoms with E-state index in [2.05, 4.69) is 155 Å². The number of hydrogen-bond acceptors (Lipinski definition) is 3. The van der Waals surface area contributed by atoms with Crippen LogP contribution in [0.3, 0.4) is 0 Å². The summed E-state index contributed by atoms with van der Waals surface area (Å²) < 4.78 is 17.7. The van der Waals surface area contributed by atoms with Crippen LogP contribution < -0.4 is 5.32 Å². The van der Waals surface area contributed by atoms with Crippen LogP contribution in [-0.4, -0.2) is 38.4 Å². The van der Waals surface area contributed by atoms with E-state index in [0.717, 1.165) is 41.2 Å². The monoisotopic (exact) mass is 1040 g/mol. The van der Waals surface area contributed by atoms with E-state index in [1.54, 1.807) is 18.7 Å². The number of carbonyl (C=O) groups is 1. The second kappa shape index (κ2) is 52.2. The van der Waals surface area contributed by atoms with Gasteiger partial charge >= 0.3 is 0 Å². The number of allylic oxidation sites excluding steroid dienone is 6. The van der Waals surface area contributed by atoms with Crippen LogP contribution in [0.25, 0.3) is 21.9 Å². The summed E-state index contributed by atoms with van der Waals surface area (Å²) in [6, 6.07) is 15.2. The highest BCUT2D eigenvalue weighted by Gasteiger charge is 2.24. The summed E-state index contributed by atoms with van der Waals surface area (Å²) in [5.41, 5.74) is 12.4. The molecule has 0 radical (unpaired) electrons. The summed E-state index contributed by atoms with van der Waals surface area (Å²) in [6.45, 7) is 51.8. The van der Waals surface area contributed by atoms with Crippen molar-refractivity contribution >= 4 is 40.0 Å². The van der Waals surface area contributed by atoms with Gasteiger partial charge in [-0.15, -0.1) is 0 Å². The predicted molar refractivity (Wildman–Crippen MR) is 332 cm³/mol. The summed E-state index contributed by atoms with van der Waals surface area (Å²) in [4.78, 5) is 8.36. The zero-order valence-electron chi connectivity index (χ0n) is 52.2. The van der Waals surface area contributed by atoms with Crippen molar-refractivity contribution in [1.82, 2.24) is 5.32 Å². The molecule has 0 heterocycles. The number of methoxy groups -OCH3 is 1. The molecule has 4 nitrogen and oxygen atoms in total. The maximum atomic E-state index is 12.8. The standard InChI is InChI=1S/C29H45Cl.C11H9F.C7H16O.C7H16.C6H15N.C4H10.C2H6.CH2O2/c1-12-15-16-24(25(14-3)29(9,10)11)23-17-18-26(30)28(22(23)8)27(20(6)13-2)21(7)19(4)5;1-8-3-2-4-9-7-10(12)5-6-11(8)9;1-3-4-5-6-7-8-2;1-4-6-7(3)5-2;1-3-5-7-6-4-2;1-3-4-2;1-2;2-1-3/h13,17-19H,12,14-16H2,1-11H3;2-7H,1H3;3-7H2,1-2H3;7H,4-6H2,1-3H3;7H,3-6H2,1-2H3;3-4H2,1-2H3;1-2H3;1H,(H,2,3)/b20-13-,25-24+,27-21+;;;;;;;. The second-order valence-corrected chi connectivity index (χ2v) is 20.5. The lowest BCUT2D eigenvalue weighted by Gasteiger charge is -2.29. The van der Waals surface area contributed by atoms with Crippen LogP contribution in [0.5, 0.6) is 0 Å². The maximum Gasteiger partial charge on any atom is 0.290 e. The zero-order valence-corrected chi connectivity index (χ0v) is 52.9. The lowest BCUT2D eigenvalue weighted by Crippen LogP contribution is -2.14. The minimum absolute atomic E-state index is 0.163. The van der Waals surface area contributed by atoms with E-state index in [9.17, 15) is 4.39 Å². The Morgan fingerprint density at radius 3 is 1.75 bits per heavy atom. The fraction of sp³-hybridized carbons (Fsp3) is 0.657. The molecule has 0 aliphatic heterocycles. The van der Waals surface area contributed by atoms with Crippen molar-refractivity contribution in [2.75, 3.05) is 26.8 Å². The highest BCUT2D eigenvalue weighted by Crippen LogP contribution is 2.43. The molecule has 0 fully saturated rings. The Morgan fingerprint density at radius 2 is 1.34 bits per heavy atom. The van der Waals surface area contributed by atoms with Crippen molar-refractivity contribution in [3.63, 3.8) is 0 Å². The Kier molecular flexibility index (Phi) is 56.2. The molecule has 0 aliphatic carbocycles. The molecule has 3 aromatic rings. The third-order valence-electron chi connectivity index (χ3n) is 12.6. The Labute approximate surface area is 459 Å². The Bertz CT molecular complexity index is 1840. The summed E-state index contributed by atoms with van der Waals surface area (Å²) in [5, 5.41) is 13.1. The fourth-order valence-corrected chi connectivity index (χ4v) is 8.01. The Balaban J connectivity index is -0.000000292. The van der Waals surface area contributed by atoms with Crippen molar-refractivity contribution in [3.05, 3.63) is 104 Å². The lowest BCUT2D eigenvalue weighted by atomic mass is 9.77. The van der Waals surface area contributed by atoms with E-state index in [4.69, 9.17) is 26.2 Å². The molecule has 1 unspecified atom stereocenters. The maximum absolute atomic E-state index is 12.8. The highest BCUT2D eigenvalue weighted by atomic mass is 35.5. The first kappa shape index (κ1) is 78.6. The fourth-order valence-electron chi connectivity index (χ4n) is 7.71. The topological polar surface area (TPSA) is 58.6 Å². The van der Waals surface area contributed by atoms with E-state index in [-0.39, 0.29) is 17.7 Å². The summed E-state index contributed by atoms with van der Waals surface area (Å²) in [5.74, 6) is 1.25. The van der Waals surface area contributed by atoms with Gasteiger partial charge in [-0.2, -0.15) is 0 Å². The number of ether oxygens (including phenoxy) is 1. The van der Waals surface area contributed by atoms with Crippen LogP contribution in [-0.2, 0) is 9.53 Å². The van der Waals surface area contributed by atoms with E-state index in [0.29, 0.717) is 5.92 Å². The number of carboxylic acid groups (broad SMARTS) is 1. The quantitative estimate of drug-likeness (QED) is 0.0634.